The van der Waals surface area contributed by atoms with Crippen LogP contribution in [0, 0.1) is 6.92 Å². The molecule has 1 aromatic carbocycles. The van der Waals surface area contributed by atoms with Gasteiger partial charge in [0.25, 0.3) is 0 Å². The average Bonchev–Trinajstić information content (AvgIpc) is 2.05. The Morgan fingerprint density at radius 3 is 2.83 bits per heavy atom. The molecular weight excluding hydrogens is 150 g/mol. The van der Waals surface area contributed by atoms with Crippen molar-refractivity contribution in [1.82, 2.24) is 4.98 Å². The van der Waals surface area contributed by atoms with E-state index in [0.29, 0.717) is 0 Å². The highest BCUT2D eigenvalue weighted by Crippen LogP contribution is 2.17. The molecule has 1 aromatic heterocycles. The van der Waals surface area contributed by atoms with Gasteiger partial charge in [-0.05, 0) is 31.2 Å². The maximum absolute atomic E-state index is 9.16. The predicted molar refractivity (Wildman–Crippen MR) is 47.9 cm³/mol. The quantitative estimate of drug-likeness (QED) is 0.637. The van der Waals surface area contributed by atoms with E-state index in [1.807, 2.05) is 12.1 Å². The third kappa shape index (κ3) is 1.11. The molecule has 0 aliphatic rings. The normalized spacial score (nSPS) is 10.4. The van der Waals surface area contributed by atoms with E-state index in [0.717, 1.165) is 16.6 Å². The zero-order valence-corrected chi connectivity index (χ0v) is 6.49. The van der Waals surface area contributed by atoms with Crippen LogP contribution in [-0.2, 0) is 0 Å². The van der Waals surface area contributed by atoms with E-state index >= 15 is 0 Å². The molecule has 1 N–H and O–H groups in total. The van der Waals surface area contributed by atoms with Gasteiger partial charge in [0.1, 0.15) is 5.75 Å². The lowest BCUT2D eigenvalue weighted by Gasteiger charge is -1.98. The summed E-state index contributed by atoms with van der Waals surface area (Å²) in [5.74, 6) is 0.265. The van der Waals surface area contributed by atoms with Crippen LogP contribution in [0.2, 0.25) is 0 Å². The second-order valence-electron chi connectivity index (χ2n) is 2.68. The van der Waals surface area contributed by atoms with E-state index in [9.17, 15) is 0 Å². The molecular formula is C10H8NO. The van der Waals surface area contributed by atoms with Gasteiger partial charge in [-0.15, -0.1) is 0 Å². The molecule has 1 heterocycles. The largest absolute Gasteiger partial charge is 0.508 e. The van der Waals surface area contributed by atoms with Crippen molar-refractivity contribution in [3.63, 3.8) is 0 Å². The summed E-state index contributed by atoms with van der Waals surface area (Å²) in [5, 5.41) is 10.1. The number of phenolic OH excluding ortho intramolecular Hbond substituents is 1. The van der Waals surface area contributed by atoms with Crippen molar-refractivity contribution in [1.29, 1.82) is 0 Å². The highest BCUT2D eigenvalue weighted by Gasteiger charge is 1.95. The van der Waals surface area contributed by atoms with Crippen molar-refractivity contribution >= 4 is 10.9 Å². The number of nitrogens with zero attached hydrogens (tertiary/aromatic N) is 1. The number of rotatable bonds is 0. The van der Waals surface area contributed by atoms with E-state index in [1.165, 1.54) is 0 Å². The van der Waals surface area contributed by atoms with E-state index in [2.05, 4.69) is 11.9 Å². The SMILES string of the molecule is [CH2]c1ccc2cc(O)ccc2n1. The van der Waals surface area contributed by atoms with E-state index in [4.69, 9.17) is 5.11 Å². The van der Waals surface area contributed by atoms with Crippen LogP contribution in [0.4, 0.5) is 0 Å². The summed E-state index contributed by atoms with van der Waals surface area (Å²) in [6.07, 6.45) is 0. The lowest BCUT2D eigenvalue weighted by Crippen LogP contribution is -1.81. The van der Waals surface area contributed by atoms with Crippen LogP contribution in [0.15, 0.2) is 30.3 Å². The standard InChI is InChI=1S/C10H8NO/c1-7-2-3-8-6-9(12)4-5-10(8)11-7/h2-6,12H,1H2. The molecule has 12 heavy (non-hydrogen) atoms. The summed E-state index contributed by atoms with van der Waals surface area (Å²) in [6, 6.07) is 8.79. The summed E-state index contributed by atoms with van der Waals surface area (Å²) >= 11 is 0. The van der Waals surface area contributed by atoms with Gasteiger partial charge in [-0.25, -0.2) is 0 Å². The lowest BCUT2D eigenvalue weighted by molar-refractivity contribution is 0.476. The molecule has 2 aromatic rings. The Bertz CT molecular complexity index is 382. The molecule has 0 saturated heterocycles. The number of aromatic nitrogens is 1. The number of fused-ring (bicyclic) bond motifs is 1. The van der Waals surface area contributed by atoms with Crippen LogP contribution >= 0.6 is 0 Å². The fraction of sp³-hybridized carbons (Fsp3) is 0. The van der Waals surface area contributed by atoms with E-state index in [-0.39, 0.29) is 5.75 Å². The summed E-state index contributed by atoms with van der Waals surface area (Å²) in [7, 11) is 0. The monoisotopic (exact) mass is 158 g/mol. The van der Waals surface area contributed by atoms with Gasteiger partial charge in [0.2, 0.25) is 0 Å². The molecule has 0 aliphatic carbocycles. The number of aromatic hydroxyl groups is 1. The van der Waals surface area contributed by atoms with Crippen LogP contribution in [-0.4, -0.2) is 10.1 Å². The Morgan fingerprint density at radius 2 is 2.00 bits per heavy atom. The smallest absolute Gasteiger partial charge is 0.116 e. The van der Waals surface area contributed by atoms with Gasteiger partial charge < -0.3 is 5.11 Å². The predicted octanol–water partition coefficient (Wildman–Crippen LogP) is 2.12. The minimum absolute atomic E-state index is 0.265. The highest BCUT2D eigenvalue weighted by atomic mass is 16.3. The summed E-state index contributed by atoms with van der Waals surface area (Å²) in [6.45, 7) is 3.72. The second-order valence-corrected chi connectivity index (χ2v) is 2.68. The van der Waals surface area contributed by atoms with Crippen LogP contribution in [0.25, 0.3) is 10.9 Å². The molecule has 0 spiro atoms. The van der Waals surface area contributed by atoms with E-state index in [1.54, 1.807) is 18.2 Å². The number of benzene rings is 1. The topological polar surface area (TPSA) is 33.1 Å². The zero-order chi connectivity index (χ0) is 8.55. The first kappa shape index (κ1) is 7.10. The van der Waals surface area contributed by atoms with Crippen LogP contribution in [0.5, 0.6) is 5.75 Å². The van der Waals surface area contributed by atoms with Gasteiger partial charge in [0.05, 0.1) is 5.52 Å². The Balaban J connectivity index is 2.79. The van der Waals surface area contributed by atoms with Crippen LogP contribution in [0.3, 0.4) is 0 Å². The minimum Gasteiger partial charge on any atom is -0.508 e. The number of phenols is 1. The van der Waals surface area contributed by atoms with Gasteiger partial charge in [-0.1, -0.05) is 6.07 Å². The Hall–Kier alpha value is -1.57. The molecule has 0 amide bonds. The van der Waals surface area contributed by atoms with Crippen LogP contribution in [0.1, 0.15) is 5.69 Å². The fourth-order valence-electron chi connectivity index (χ4n) is 1.16. The maximum atomic E-state index is 9.16. The Labute approximate surface area is 70.5 Å². The lowest BCUT2D eigenvalue weighted by atomic mass is 10.2. The third-order valence-corrected chi connectivity index (χ3v) is 1.73. The number of hydrogen-bond donors (Lipinski definition) is 1. The molecule has 59 valence electrons. The minimum atomic E-state index is 0.265. The first-order chi connectivity index (χ1) is 5.75. The molecule has 1 radical (unpaired) electrons. The third-order valence-electron chi connectivity index (χ3n) is 1.73. The van der Waals surface area contributed by atoms with Gasteiger partial charge in [-0.3, -0.25) is 4.98 Å². The average molecular weight is 158 g/mol. The van der Waals surface area contributed by atoms with Gasteiger partial charge in [0, 0.05) is 11.1 Å². The molecule has 2 heteroatoms. The molecule has 0 unspecified atom stereocenters. The van der Waals surface area contributed by atoms with Crippen molar-refractivity contribution in [3.8, 4) is 5.75 Å². The molecule has 0 atom stereocenters. The van der Waals surface area contributed by atoms with Crippen molar-refractivity contribution in [2.45, 2.75) is 0 Å². The first-order valence-corrected chi connectivity index (χ1v) is 3.67. The number of hydrogen-bond acceptors (Lipinski definition) is 2. The summed E-state index contributed by atoms with van der Waals surface area (Å²) in [4.78, 5) is 4.19. The summed E-state index contributed by atoms with van der Waals surface area (Å²) in [5.41, 5.74) is 1.61. The maximum Gasteiger partial charge on any atom is 0.116 e. The highest BCUT2D eigenvalue weighted by molar-refractivity contribution is 5.80. The van der Waals surface area contributed by atoms with Crippen molar-refractivity contribution in [3.05, 3.63) is 42.9 Å². The van der Waals surface area contributed by atoms with Crippen molar-refractivity contribution < 1.29 is 5.11 Å². The van der Waals surface area contributed by atoms with E-state index < -0.39 is 0 Å². The second kappa shape index (κ2) is 2.48. The molecule has 2 nitrogen and oxygen atoms in total. The fourth-order valence-corrected chi connectivity index (χ4v) is 1.16. The van der Waals surface area contributed by atoms with Gasteiger partial charge in [-0.2, -0.15) is 0 Å². The van der Waals surface area contributed by atoms with Gasteiger partial charge >= 0.3 is 0 Å². The molecule has 2 rings (SSSR count). The number of pyridine rings is 1. The van der Waals surface area contributed by atoms with Crippen molar-refractivity contribution in [2.24, 2.45) is 0 Å². The Kier molecular flexibility index (Phi) is 1.47. The summed E-state index contributed by atoms with van der Waals surface area (Å²) < 4.78 is 0. The first-order valence-electron chi connectivity index (χ1n) is 3.67. The van der Waals surface area contributed by atoms with Crippen molar-refractivity contribution in [2.75, 3.05) is 0 Å². The molecule has 0 saturated carbocycles. The molecule has 0 fully saturated rings. The van der Waals surface area contributed by atoms with Gasteiger partial charge in [0.15, 0.2) is 0 Å². The van der Waals surface area contributed by atoms with Crippen LogP contribution < -0.4 is 0 Å². The Morgan fingerprint density at radius 1 is 1.17 bits per heavy atom. The molecule has 0 bridgehead atoms. The molecule has 0 aliphatic heterocycles. The zero-order valence-electron chi connectivity index (χ0n) is 6.49.